The van der Waals surface area contributed by atoms with Gasteiger partial charge in [-0.15, -0.1) is 5.10 Å². The van der Waals surface area contributed by atoms with Crippen molar-refractivity contribution in [3.05, 3.63) is 58.1 Å². The van der Waals surface area contributed by atoms with Crippen LogP contribution in [0.5, 0.6) is 11.5 Å². The van der Waals surface area contributed by atoms with E-state index in [1.807, 2.05) is 32.0 Å². The lowest BCUT2D eigenvalue weighted by Gasteiger charge is -2.22. The molecule has 1 aliphatic rings. The molecule has 2 aromatic rings. The molecule has 0 saturated heterocycles. The lowest BCUT2D eigenvalue weighted by atomic mass is 10.1. The fraction of sp³-hybridized carbons (Fsp3) is 0.318. The van der Waals surface area contributed by atoms with Crippen LogP contribution in [0.4, 0.5) is 0 Å². The molecule has 0 saturated carbocycles. The van der Waals surface area contributed by atoms with Gasteiger partial charge in [0.2, 0.25) is 11.8 Å². The summed E-state index contributed by atoms with van der Waals surface area (Å²) < 4.78 is 11.9. The Morgan fingerprint density at radius 3 is 2.45 bits per heavy atom. The van der Waals surface area contributed by atoms with Crippen molar-refractivity contribution < 1.29 is 19.1 Å². The van der Waals surface area contributed by atoms with Crippen molar-refractivity contribution in [2.24, 2.45) is 5.10 Å². The minimum atomic E-state index is -0.507. The molecule has 1 aliphatic heterocycles. The van der Waals surface area contributed by atoms with Crippen LogP contribution in [0.1, 0.15) is 35.9 Å². The number of carbonyl (C=O) groups is 2. The van der Waals surface area contributed by atoms with Gasteiger partial charge in [0.25, 0.3) is 0 Å². The lowest BCUT2D eigenvalue weighted by Crippen LogP contribution is -2.25. The third kappa shape index (κ3) is 5.71. The van der Waals surface area contributed by atoms with Crippen LogP contribution in [0, 0.1) is 13.8 Å². The topological polar surface area (TPSA) is 80.2 Å². The van der Waals surface area contributed by atoms with Gasteiger partial charge < -0.3 is 14.8 Å². The third-order valence-electron chi connectivity index (χ3n) is 4.48. The minimum absolute atomic E-state index is 0.262. The second-order valence-electron chi connectivity index (χ2n) is 7.02. The molecule has 9 heteroatoms. The second-order valence-corrected chi connectivity index (χ2v) is 8.53. The normalized spacial score (nSPS) is 15.5. The zero-order chi connectivity index (χ0) is 22.5. The summed E-state index contributed by atoms with van der Waals surface area (Å²) in [5.41, 5.74) is 2.81. The number of nitrogens with zero attached hydrogens (tertiary/aromatic N) is 2. The number of thioether (sulfide) groups is 1. The Labute approximate surface area is 190 Å². The monoisotopic (exact) mass is 461 g/mol. The first-order chi connectivity index (χ1) is 14.8. The SMILES string of the molecule is CC(=O)NC1=NN(C(C)=O)[C@@H](c2cc(Cl)ccc2OCCOc2c(C)cccc2C)S1. The smallest absolute Gasteiger partial charge is 0.241 e. The molecule has 0 aromatic heterocycles. The third-order valence-corrected chi connectivity index (χ3v) is 5.80. The lowest BCUT2D eigenvalue weighted by molar-refractivity contribution is -0.129. The fourth-order valence-corrected chi connectivity index (χ4v) is 4.47. The second kappa shape index (κ2) is 10.1. The molecule has 0 fully saturated rings. The van der Waals surface area contributed by atoms with Crippen molar-refractivity contribution in [3.8, 4) is 11.5 Å². The van der Waals surface area contributed by atoms with Crippen molar-refractivity contribution in [1.29, 1.82) is 0 Å². The molecule has 0 bridgehead atoms. The number of hydrazone groups is 1. The number of halogens is 1. The highest BCUT2D eigenvalue weighted by atomic mass is 35.5. The average Bonchev–Trinajstić information content (AvgIpc) is 3.11. The van der Waals surface area contributed by atoms with Crippen molar-refractivity contribution in [2.75, 3.05) is 13.2 Å². The first-order valence-electron chi connectivity index (χ1n) is 9.70. The maximum Gasteiger partial charge on any atom is 0.241 e. The quantitative estimate of drug-likeness (QED) is 0.644. The number of rotatable bonds is 6. The molecule has 0 aliphatic carbocycles. The van der Waals surface area contributed by atoms with Gasteiger partial charge in [0.05, 0.1) is 0 Å². The number of hydrogen-bond donors (Lipinski definition) is 1. The van der Waals surface area contributed by atoms with Crippen LogP contribution in [0.25, 0.3) is 0 Å². The summed E-state index contributed by atoms with van der Waals surface area (Å²) in [5, 5.41) is 8.50. The standard InChI is InChI=1S/C22H24ClN3O4S/c1-13-6-5-7-14(2)20(13)30-11-10-29-19-9-8-17(23)12-18(19)21-26(16(4)28)25-22(31-21)24-15(3)27/h5-9,12,21H,10-11H2,1-4H3,(H,24,25,27)/t21-/m1/s1. The van der Waals surface area contributed by atoms with E-state index in [1.54, 1.807) is 18.2 Å². The maximum absolute atomic E-state index is 12.1. The zero-order valence-corrected chi connectivity index (χ0v) is 19.3. The Morgan fingerprint density at radius 2 is 1.81 bits per heavy atom. The molecule has 1 atom stereocenters. The van der Waals surface area contributed by atoms with Gasteiger partial charge in [-0.1, -0.05) is 41.6 Å². The molecular formula is C22H24ClN3O4S. The van der Waals surface area contributed by atoms with Gasteiger partial charge in [-0.25, -0.2) is 5.01 Å². The highest BCUT2D eigenvalue weighted by molar-refractivity contribution is 8.14. The number of ether oxygens (including phenoxy) is 2. The molecular weight excluding hydrogens is 438 g/mol. The molecule has 2 amide bonds. The Bertz CT molecular complexity index is 1010. The molecule has 31 heavy (non-hydrogen) atoms. The molecule has 7 nitrogen and oxygen atoms in total. The van der Waals surface area contributed by atoms with Crippen molar-refractivity contribution in [2.45, 2.75) is 33.1 Å². The number of aryl methyl sites for hydroxylation is 2. The van der Waals surface area contributed by atoms with E-state index in [0.29, 0.717) is 34.7 Å². The summed E-state index contributed by atoms with van der Waals surface area (Å²) in [4.78, 5) is 23.5. The van der Waals surface area contributed by atoms with E-state index in [1.165, 1.54) is 30.6 Å². The first kappa shape index (κ1) is 23.0. The molecule has 3 rings (SSSR count). The van der Waals surface area contributed by atoms with Crippen molar-refractivity contribution in [1.82, 2.24) is 10.3 Å². The van der Waals surface area contributed by atoms with E-state index in [-0.39, 0.29) is 11.8 Å². The first-order valence-corrected chi connectivity index (χ1v) is 11.0. The summed E-state index contributed by atoms with van der Waals surface area (Å²) >= 11 is 7.46. The Kier molecular flexibility index (Phi) is 7.46. The number of amides is 2. The van der Waals surface area contributed by atoms with Gasteiger partial charge in [-0.05, 0) is 43.2 Å². The van der Waals surface area contributed by atoms with Gasteiger partial charge in [-0.2, -0.15) is 0 Å². The molecule has 164 valence electrons. The summed E-state index contributed by atoms with van der Waals surface area (Å²) in [6, 6.07) is 11.2. The molecule has 0 unspecified atom stereocenters. The molecule has 1 heterocycles. The van der Waals surface area contributed by atoms with Gasteiger partial charge in [0.1, 0.15) is 30.1 Å². The number of benzene rings is 2. The van der Waals surface area contributed by atoms with Gasteiger partial charge in [0, 0.05) is 24.4 Å². The van der Waals surface area contributed by atoms with E-state index >= 15 is 0 Å². The number of nitrogens with one attached hydrogen (secondary N) is 1. The van der Waals surface area contributed by atoms with Gasteiger partial charge in [0.15, 0.2) is 5.17 Å². The minimum Gasteiger partial charge on any atom is -0.490 e. The van der Waals surface area contributed by atoms with E-state index in [2.05, 4.69) is 10.4 Å². The highest BCUT2D eigenvalue weighted by Gasteiger charge is 2.34. The average molecular weight is 462 g/mol. The van der Waals surface area contributed by atoms with E-state index < -0.39 is 5.37 Å². The Hall–Kier alpha value is -2.71. The largest absolute Gasteiger partial charge is 0.490 e. The van der Waals surface area contributed by atoms with Crippen LogP contribution in [-0.4, -0.2) is 35.2 Å². The molecule has 2 aromatic carbocycles. The van der Waals surface area contributed by atoms with Crippen LogP contribution in [0.2, 0.25) is 5.02 Å². The van der Waals surface area contributed by atoms with Crippen LogP contribution >= 0.6 is 23.4 Å². The predicted molar refractivity (Wildman–Crippen MR) is 122 cm³/mol. The Morgan fingerprint density at radius 1 is 1.13 bits per heavy atom. The zero-order valence-electron chi connectivity index (χ0n) is 17.8. The van der Waals surface area contributed by atoms with Crippen LogP contribution in [0.3, 0.4) is 0 Å². The summed E-state index contributed by atoms with van der Waals surface area (Å²) in [5.74, 6) is 0.895. The maximum atomic E-state index is 12.1. The van der Waals surface area contributed by atoms with E-state index in [9.17, 15) is 9.59 Å². The summed E-state index contributed by atoms with van der Waals surface area (Å²) in [6.45, 7) is 7.46. The summed E-state index contributed by atoms with van der Waals surface area (Å²) in [7, 11) is 0. The number of carbonyl (C=O) groups excluding carboxylic acids is 2. The van der Waals surface area contributed by atoms with Gasteiger partial charge >= 0.3 is 0 Å². The predicted octanol–water partition coefficient (Wildman–Crippen LogP) is 4.42. The molecule has 0 radical (unpaired) electrons. The van der Waals surface area contributed by atoms with Gasteiger partial charge in [-0.3, -0.25) is 9.59 Å². The van der Waals surface area contributed by atoms with Crippen LogP contribution < -0.4 is 14.8 Å². The number of hydrogen-bond acceptors (Lipinski definition) is 6. The van der Waals surface area contributed by atoms with Crippen molar-refractivity contribution in [3.63, 3.8) is 0 Å². The van der Waals surface area contributed by atoms with E-state index in [0.717, 1.165) is 16.9 Å². The van der Waals surface area contributed by atoms with Crippen LogP contribution in [0.15, 0.2) is 41.5 Å². The fourth-order valence-electron chi connectivity index (χ4n) is 3.13. The van der Waals surface area contributed by atoms with Crippen LogP contribution in [-0.2, 0) is 9.59 Å². The number of para-hydroxylation sites is 1. The highest BCUT2D eigenvalue weighted by Crippen LogP contribution is 2.43. The molecule has 0 spiro atoms. The summed E-state index contributed by atoms with van der Waals surface area (Å²) in [6.07, 6.45) is 0. The van der Waals surface area contributed by atoms with Crippen molar-refractivity contribution >= 4 is 40.3 Å². The number of amidine groups is 1. The Balaban J connectivity index is 1.73. The molecule has 1 N–H and O–H groups in total. The van der Waals surface area contributed by atoms with E-state index in [4.69, 9.17) is 21.1 Å².